The first-order valence-corrected chi connectivity index (χ1v) is 6.12. The smallest absolute Gasteiger partial charge is 0.124 e. The van der Waals surface area contributed by atoms with Gasteiger partial charge in [0.25, 0.3) is 0 Å². The summed E-state index contributed by atoms with van der Waals surface area (Å²) in [5.74, 6) is 0.281. The molecule has 0 unspecified atom stereocenters. The Morgan fingerprint density at radius 3 is 2.76 bits per heavy atom. The van der Waals surface area contributed by atoms with Gasteiger partial charge in [0.1, 0.15) is 5.82 Å². The predicted molar refractivity (Wildman–Crippen MR) is 65.6 cm³/mol. The Bertz CT molecular complexity index is 546. The van der Waals surface area contributed by atoms with Crippen molar-refractivity contribution in [3.63, 3.8) is 0 Å². The van der Waals surface area contributed by atoms with Crippen molar-refractivity contribution in [3.8, 4) is 11.3 Å². The maximum absolute atomic E-state index is 12.9. The van der Waals surface area contributed by atoms with Crippen LogP contribution in [-0.2, 0) is 0 Å². The summed E-state index contributed by atoms with van der Waals surface area (Å²) in [4.78, 5) is 0. The summed E-state index contributed by atoms with van der Waals surface area (Å²) in [6, 6.07) is 6.40. The lowest BCUT2D eigenvalue weighted by Gasteiger charge is -2.23. The fourth-order valence-corrected chi connectivity index (χ4v) is 2.36. The van der Waals surface area contributed by atoms with Crippen LogP contribution < -0.4 is 0 Å². The molecule has 2 nitrogen and oxygen atoms in total. The first kappa shape index (κ1) is 10.8. The first-order valence-electron chi connectivity index (χ1n) is 5.75. The zero-order valence-electron chi connectivity index (χ0n) is 9.21. The Labute approximate surface area is 104 Å². The highest BCUT2D eigenvalue weighted by Crippen LogP contribution is 2.37. The van der Waals surface area contributed by atoms with Gasteiger partial charge in [-0.25, -0.2) is 4.39 Å². The standard InChI is InChI=1S/C13H12ClFN2/c14-11-6-9(15)4-5-10(11)13-7-12(16-17-13)8-2-1-3-8/h4-8H,1-3H2,(H,16,17). The highest BCUT2D eigenvalue weighted by atomic mass is 35.5. The lowest BCUT2D eigenvalue weighted by atomic mass is 9.83. The number of aromatic amines is 1. The van der Waals surface area contributed by atoms with E-state index < -0.39 is 0 Å². The van der Waals surface area contributed by atoms with Crippen LogP contribution in [0.3, 0.4) is 0 Å². The molecular weight excluding hydrogens is 239 g/mol. The summed E-state index contributed by atoms with van der Waals surface area (Å²) in [6.45, 7) is 0. The van der Waals surface area contributed by atoms with Crippen molar-refractivity contribution < 1.29 is 4.39 Å². The molecule has 1 aromatic heterocycles. The summed E-state index contributed by atoms with van der Waals surface area (Å²) in [5, 5.41) is 7.69. The van der Waals surface area contributed by atoms with Gasteiger partial charge in [-0.3, -0.25) is 5.10 Å². The van der Waals surface area contributed by atoms with Crippen LogP contribution in [0.5, 0.6) is 0 Å². The predicted octanol–water partition coefficient (Wildman–Crippen LogP) is 4.14. The molecule has 1 N–H and O–H groups in total. The van der Waals surface area contributed by atoms with Crippen LogP contribution in [0.1, 0.15) is 30.9 Å². The molecule has 0 spiro atoms. The van der Waals surface area contributed by atoms with Crippen LogP contribution in [-0.4, -0.2) is 10.2 Å². The van der Waals surface area contributed by atoms with E-state index in [0.29, 0.717) is 10.9 Å². The van der Waals surface area contributed by atoms with E-state index in [0.717, 1.165) is 17.0 Å². The Morgan fingerprint density at radius 2 is 2.12 bits per heavy atom. The van der Waals surface area contributed by atoms with Crippen molar-refractivity contribution >= 4 is 11.6 Å². The number of benzene rings is 1. The van der Waals surface area contributed by atoms with Gasteiger partial charge in [0.05, 0.1) is 10.7 Å². The second-order valence-electron chi connectivity index (χ2n) is 4.46. The van der Waals surface area contributed by atoms with Gasteiger partial charge in [-0.1, -0.05) is 18.0 Å². The topological polar surface area (TPSA) is 28.7 Å². The normalized spacial score (nSPS) is 15.9. The van der Waals surface area contributed by atoms with E-state index in [2.05, 4.69) is 10.2 Å². The zero-order valence-corrected chi connectivity index (χ0v) is 9.97. The minimum atomic E-state index is -0.325. The molecule has 0 atom stereocenters. The SMILES string of the molecule is Fc1ccc(-c2cc(C3CCC3)[nH]n2)c(Cl)c1. The largest absolute Gasteiger partial charge is 0.282 e. The number of halogens is 2. The lowest BCUT2D eigenvalue weighted by molar-refractivity contribution is 0.410. The molecule has 4 heteroatoms. The molecule has 1 aromatic carbocycles. The van der Waals surface area contributed by atoms with Gasteiger partial charge in [0.15, 0.2) is 0 Å². The van der Waals surface area contributed by atoms with Gasteiger partial charge in [0.2, 0.25) is 0 Å². The van der Waals surface area contributed by atoms with Gasteiger partial charge in [-0.2, -0.15) is 5.10 Å². The molecule has 17 heavy (non-hydrogen) atoms. The van der Waals surface area contributed by atoms with Crippen molar-refractivity contribution in [2.75, 3.05) is 0 Å². The molecule has 0 radical (unpaired) electrons. The first-order chi connectivity index (χ1) is 8.24. The van der Waals surface area contributed by atoms with Gasteiger partial charge in [0, 0.05) is 17.2 Å². The fraction of sp³-hybridized carbons (Fsp3) is 0.308. The number of aromatic nitrogens is 2. The molecule has 1 saturated carbocycles. The van der Waals surface area contributed by atoms with Crippen molar-refractivity contribution in [3.05, 3.63) is 40.8 Å². The Balaban J connectivity index is 1.94. The molecule has 0 saturated heterocycles. The van der Waals surface area contributed by atoms with Crippen molar-refractivity contribution in [1.29, 1.82) is 0 Å². The maximum Gasteiger partial charge on any atom is 0.124 e. The van der Waals surface area contributed by atoms with Gasteiger partial charge < -0.3 is 0 Å². The summed E-state index contributed by atoms with van der Waals surface area (Å²) >= 11 is 6.01. The van der Waals surface area contributed by atoms with Gasteiger partial charge in [-0.15, -0.1) is 0 Å². The van der Waals surface area contributed by atoms with Gasteiger partial charge >= 0.3 is 0 Å². The molecule has 3 rings (SSSR count). The molecule has 0 bridgehead atoms. The maximum atomic E-state index is 12.9. The minimum Gasteiger partial charge on any atom is -0.282 e. The van der Waals surface area contributed by atoms with Crippen LogP contribution in [0.15, 0.2) is 24.3 Å². The van der Waals surface area contributed by atoms with Crippen LogP contribution >= 0.6 is 11.6 Å². The van der Waals surface area contributed by atoms with E-state index in [1.54, 1.807) is 6.07 Å². The summed E-state index contributed by atoms with van der Waals surface area (Å²) in [7, 11) is 0. The molecule has 2 aromatic rings. The van der Waals surface area contributed by atoms with Crippen LogP contribution in [0.4, 0.5) is 4.39 Å². The minimum absolute atomic E-state index is 0.325. The molecule has 88 valence electrons. The fourth-order valence-electron chi connectivity index (χ4n) is 2.10. The second kappa shape index (κ2) is 4.15. The third kappa shape index (κ3) is 1.95. The average Bonchev–Trinajstić information content (AvgIpc) is 2.64. The molecule has 1 aliphatic rings. The van der Waals surface area contributed by atoms with E-state index in [1.807, 2.05) is 6.07 Å². The van der Waals surface area contributed by atoms with Gasteiger partial charge in [-0.05, 0) is 37.1 Å². The third-order valence-electron chi connectivity index (χ3n) is 3.35. The Hall–Kier alpha value is -1.35. The van der Waals surface area contributed by atoms with E-state index in [9.17, 15) is 4.39 Å². The molecular formula is C13H12ClFN2. The molecule has 0 aliphatic heterocycles. The molecule has 0 amide bonds. The van der Waals surface area contributed by atoms with Crippen molar-refractivity contribution in [1.82, 2.24) is 10.2 Å². The number of rotatable bonds is 2. The quantitative estimate of drug-likeness (QED) is 0.853. The average molecular weight is 251 g/mol. The third-order valence-corrected chi connectivity index (χ3v) is 3.66. The monoisotopic (exact) mass is 250 g/mol. The lowest BCUT2D eigenvalue weighted by Crippen LogP contribution is -2.08. The van der Waals surface area contributed by atoms with Crippen molar-refractivity contribution in [2.45, 2.75) is 25.2 Å². The highest BCUT2D eigenvalue weighted by Gasteiger charge is 2.22. The highest BCUT2D eigenvalue weighted by molar-refractivity contribution is 6.33. The van der Waals surface area contributed by atoms with Crippen molar-refractivity contribution in [2.24, 2.45) is 0 Å². The second-order valence-corrected chi connectivity index (χ2v) is 4.87. The summed E-state index contributed by atoms with van der Waals surface area (Å²) < 4.78 is 12.9. The Kier molecular flexibility index (Phi) is 2.63. The number of hydrogen-bond donors (Lipinski definition) is 1. The Morgan fingerprint density at radius 1 is 1.29 bits per heavy atom. The van der Waals surface area contributed by atoms with Crippen LogP contribution in [0, 0.1) is 5.82 Å². The summed E-state index contributed by atoms with van der Waals surface area (Å²) in [6.07, 6.45) is 3.73. The number of H-pyrrole nitrogens is 1. The van der Waals surface area contributed by atoms with E-state index in [4.69, 9.17) is 11.6 Å². The summed E-state index contributed by atoms with van der Waals surface area (Å²) in [5.41, 5.74) is 2.72. The molecule has 1 aliphatic carbocycles. The molecule has 1 fully saturated rings. The van der Waals surface area contributed by atoms with E-state index in [-0.39, 0.29) is 5.82 Å². The number of hydrogen-bond acceptors (Lipinski definition) is 1. The number of nitrogens with one attached hydrogen (secondary N) is 1. The van der Waals surface area contributed by atoms with E-state index >= 15 is 0 Å². The zero-order chi connectivity index (χ0) is 11.8. The van der Waals surface area contributed by atoms with Crippen LogP contribution in [0.25, 0.3) is 11.3 Å². The number of nitrogens with zero attached hydrogens (tertiary/aromatic N) is 1. The van der Waals surface area contributed by atoms with E-state index in [1.165, 1.54) is 31.4 Å². The molecule has 1 heterocycles. The van der Waals surface area contributed by atoms with Crippen LogP contribution in [0.2, 0.25) is 5.02 Å².